The molecular formula is C16H18N6O2. The molecule has 1 atom stereocenters. The fourth-order valence-corrected chi connectivity index (χ4v) is 2.43. The average Bonchev–Trinajstić information content (AvgIpc) is 3.24. The number of H-pyrrole nitrogens is 1. The summed E-state index contributed by atoms with van der Waals surface area (Å²) in [6.45, 7) is 4.14. The summed E-state index contributed by atoms with van der Waals surface area (Å²) in [4.78, 5) is 18.6. The number of aryl methyl sites for hydroxylation is 1. The second kappa shape index (κ2) is 6.61. The molecule has 0 fully saturated rings. The van der Waals surface area contributed by atoms with Crippen LogP contribution in [0.4, 0.5) is 0 Å². The first-order valence-corrected chi connectivity index (χ1v) is 7.58. The highest BCUT2D eigenvalue weighted by Crippen LogP contribution is 2.23. The fourth-order valence-electron chi connectivity index (χ4n) is 2.43. The molecule has 0 spiro atoms. The molecule has 0 bridgehead atoms. The Kier molecular flexibility index (Phi) is 4.37. The van der Waals surface area contributed by atoms with Crippen molar-refractivity contribution in [2.24, 2.45) is 0 Å². The van der Waals surface area contributed by atoms with Crippen molar-refractivity contribution in [2.75, 3.05) is 13.6 Å². The van der Waals surface area contributed by atoms with E-state index in [1.165, 1.54) is 0 Å². The zero-order valence-electron chi connectivity index (χ0n) is 13.7. The minimum absolute atomic E-state index is 0.0467. The standard InChI is InChI=1S/C16H18N6O2/c1-10(14-18-20-21-19-14)9-22(3)16(23)13-11(2)17-15(24-13)12-7-5-4-6-8-12/h4-8,10H,9H2,1-3H3,(H,18,19,20,21)/t10-/m0/s1. The van der Waals surface area contributed by atoms with Crippen LogP contribution in [0, 0.1) is 6.92 Å². The van der Waals surface area contributed by atoms with Crippen LogP contribution in [0.3, 0.4) is 0 Å². The van der Waals surface area contributed by atoms with E-state index < -0.39 is 0 Å². The van der Waals surface area contributed by atoms with Gasteiger partial charge in [-0.1, -0.05) is 30.3 Å². The number of carbonyl (C=O) groups is 1. The van der Waals surface area contributed by atoms with Crippen LogP contribution < -0.4 is 0 Å². The number of benzene rings is 1. The van der Waals surface area contributed by atoms with Gasteiger partial charge < -0.3 is 9.32 Å². The van der Waals surface area contributed by atoms with E-state index in [2.05, 4.69) is 25.6 Å². The van der Waals surface area contributed by atoms with Gasteiger partial charge in [0.25, 0.3) is 5.91 Å². The maximum atomic E-state index is 12.6. The first-order chi connectivity index (χ1) is 11.6. The molecule has 1 aromatic carbocycles. The van der Waals surface area contributed by atoms with Crippen molar-refractivity contribution in [1.29, 1.82) is 0 Å². The van der Waals surface area contributed by atoms with Crippen molar-refractivity contribution < 1.29 is 9.21 Å². The molecule has 24 heavy (non-hydrogen) atoms. The highest BCUT2D eigenvalue weighted by Gasteiger charge is 2.24. The number of likely N-dealkylation sites (N-methyl/N-ethyl adjacent to an activating group) is 1. The molecule has 124 valence electrons. The van der Waals surface area contributed by atoms with Gasteiger partial charge in [0.05, 0.1) is 5.69 Å². The van der Waals surface area contributed by atoms with Gasteiger partial charge >= 0.3 is 0 Å². The van der Waals surface area contributed by atoms with Crippen LogP contribution in [0.2, 0.25) is 0 Å². The van der Waals surface area contributed by atoms with Crippen molar-refractivity contribution in [3.63, 3.8) is 0 Å². The Morgan fingerprint density at radius 3 is 2.75 bits per heavy atom. The van der Waals surface area contributed by atoms with Crippen LogP contribution in [-0.4, -0.2) is 50.0 Å². The third-order valence-corrected chi connectivity index (χ3v) is 3.71. The Hall–Kier alpha value is -3.03. The lowest BCUT2D eigenvalue weighted by atomic mass is 10.1. The maximum absolute atomic E-state index is 12.6. The Labute approximate surface area is 138 Å². The van der Waals surface area contributed by atoms with Crippen LogP contribution in [-0.2, 0) is 0 Å². The normalized spacial score (nSPS) is 12.1. The summed E-state index contributed by atoms with van der Waals surface area (Å²) < 4.78 is 5.70. The number of nitrogens with one attached hydrogen (secondary N) is 1. The van der Waals surface area contributed by atoms with Gasteiger partial charge in [-0.3, -0.25) is 4.79 Å². The minimum Gasteiger partial charge on any atom is -0.431 e. The average molecular weight is 326 g/mol. The molecule has 3 aromatic rings. The van der Waals surface area contributed by atoms with Crippen molar-refractivity contribution in [3.8, 4) is 11.5 Å². The molecule has 3 rings (SSSR count). The number of hydrogen-bond acceptors (Lipinski definition) is 6. The largest absolute Gasteiger partial charge is 0.431 e. The SMILES string of the molecule is Cc1nc(-c2ccccc2)oc1C(=O)N(C)C[C@H](C)c1nn[nH]n1. The van der Waals surface area contributed by atoms with Crippen LogP contribution in [0.15, 0.2) is 34.7 Å². The van der Waals surface area contributed by atoms with E-state index in [0.717, 1.165) is 5.56 Å². The van der Waals surface area contributed by atoms with Crippen molar-refractivity contribution in [3.05, 3.63) is 47.6 Å². The number of aromatic nitrogens is 5. The van der Waals surface area contributed by atoms with E-state index in [0.29, 0.717) is 24.0 Å². The van der Waals surface area contributed by atoms with Gasteiger partial charge in [-0.05, 0) is 19.1 Å². The molecule has 2 heterocycles. The molecule has 1 N–H and O–H groups in total. The van der Waals surface area contributed by atoms with Gasteiger partial charge in [0.1, 0.15) is 0 Å². The third-order valence-electron chi connectivity index (χ3n) is 3.71. The zero-order chi connectivity index (χ0) is 17.1. The molecule has 0 aliphatic carbocycles. The maximum Gasteiger partial charge on any atom is 0.291 e. The summed E-state index contributed by atoms with van der Waals surface area (Å²) in [5.74, 6) is 0.980. The quantitative estimate of drug-likeness (QED) is 0.770. The van der Waals surface area contributed by atoms with Gasteiger partial charge in [-0.15, -0.1) is 10.2 Å². The fraction of sp³-hybridized carbons (Fsp3) is 0.312. The van der Waals surface area contributed by atoms with E-state index in [9.17, 15) is 4.79 Å². The van der Waals surface area contributed by atoms with E-state index in [-0.39, 0.29) is 17.6 Å². The minimum atomic E-state index is -0.225. The number of tetrazole rings is 1. The number of aromatic amines is 1. The van der Waals surface area contributed by atoms with Gasteiger partial charge in [0.2, 0.25) is 11.7 Å². The first-order valence-electron chi connectivity index (χ1n) is 7.58. The van der Waals surface area contributed by atoms with Gasteiger partial charge in [-0.2, -0.15) is 5.21 Å². The monoisotopic (exact) mass is 326 g/mol. The highest BCUT2D eigenvalue weighted by atomic mass is 16.4. The molecule has 2 aromatic heterocycles. The van der Waals surface area contributed by atoms with Crippen molar-refractivity contribution >= 4 is 5.91 Å². The number of carbonyl (C=O) groups excluding carboxylic acids is 1. The number of nitrogens with zero attached hydrogens (tertiary/aromatic N) is 5. The molecule has 0 aliphatic rings. The van der Waals surface area contributed by atoms with E-state index >= 15 is 0 Å². The molecule has 0 radical (unpaired) electrons. The van der Waals surface area contributed by atoms with Gasteiger partial charge in [0, 0.05) is 25.1 Å². The molecule has 8 nitrogen and oxygen atoms in total. The Morgan fingerprint density at radius 1 is 1.33 bits per heavy atom. The Bertz CT molecular complexity index is 812. The van der Waals surface area contributed by atoms with Crippen LogP contribution in [0.25, 0.3) is 11.5 Å². The predicted molar refractivity (Wildman–Crippen MR) is 86.2 cm³/mol. The topological polar surface area (TPSA) is 101 Å². The number of rotatable bonds is 5. The molecule has 8 heteroatoms. The Morgan fingerprint density at radius 2 is 2.08 bits per heavy atom. The van der Waals surface area contributed by atoms with E-state index in [1.807, 2.05) is 37.3 Å². The van der Waals surface area contributed by atoms with Crippen molar-refractivity contribution in [2.45, 2.75) is 19.8 Å². The summed E-state index contributed by atoms with van der Waals surface area (Å²) in [6, 6.07) is 9.49. The summed E-state index contributed by atoms with van der Waals surface area (Å²) in [5, 5.41) is 13.8. The zero-order valence-corrected chi connectivity index (χ0v) is 13.7. The van der Waals surface area contributed by atoms with Gasteiger partial charge in [-0.25, -0.2) is 4.98 Å². The molecule has 0 saturated carbocycles. The number of amides is 1. The highest BCUT2D eigenvalue weighted by molar-refractivity contribution is 5.92. The predicted octanol–water partition coefficient (Wildman–Crippen LogP) is 2.04. The number of hydrogen-bond donors (Lipinski definition) is 1. The van der Waals surface area contributed by atoms with Crippen LogP contribution in [0.5, 0.6) is 0 Å². The lowest BCUT2D eigenvalue weighted by Gasteiger charge is -2.18. The third kappa shape index (κ3) is 3.17. The molecule has 0 saturated heterocycles. The number of oxazole rings is 1. The molecule has 1 amide bonds. The van der Waals surface area contributed by atoms with Crippen molar-refractivity contribution in [1.82, 2.24) is 30.5 Å². The second-order valence-electron chi connectivity index (χ2n) is 5.66. The van der Waals surface area contributed by atoms with E-state index in [1.54, 1.807) is 18.9 Å². The second-order valence-corrected chi connectivity index (χ2v) is 5.66. The summed E-state index contributed by atoms with van der Waals surface area (Å²) >= 11 is 0. The summed E-state index contributed by atoms with van der Waals surface area (Å²) in [6.07, 6.45) is 0. The first kappa shape index (κ1) is 15.9. The smallest absolute Gasteiger partial charge is 0.291 e. The van der Waals surface area contributed by atoms with Crippen LogP contribution in [0.1, 0.15) is 34.9 Å². The molecule has 0 unspecified atom stereocenters. The van der Waals surface area contributed by atoms with Gasteiger partial charge in [0.15, 0.2) is 5.82 Å². The lowest BCUT2D eigenvalue weighted by molar-refractivity contribution is 0.0755. The summed E-state index contributed by atoms with van der Waals surface area (Å²) in [7, 11) is 1.71. The van der Waals surface area contributed by atoms with Crippen LogP contribution >= 0.6 is 0 Å². The lowest BCUT2D eigenvalue weighted by Crippen LogP contribution is -2.30. The molecular weight excluding hydrogens is 308 g/mol. The Balaban J connectivity index is 1.76. The van der Waals surface area contributed by atoms with E-state index in [4.69, 9.17) is 4.42 Å². The molecule has 0 aliphatic heterocycles. The summed E-state index contributed by atoms with van der Waals surface area (Å²) in [5.41, 5.74) is 1.40.